The van der Waals surface area contributed by atoms with Crippen molar-refractivity contribution in [3.8, 4) is 0 Å². The molecule has 0 unspecified atom stereocenters. The zero-order chi connectivity index (χ0) is 19.0. The maximum atomic E-state index is 14.1. The lowest BCUT2D eigenvalue weighted by Crippen LogP contribution is -2.40. The summed E-state index contributed by atoms with van der Waals surface area (Å²) in [5.41, 5.74) is 3.29. The second-order valence-corrected chi connectivity index (χ2v) is 7.95. The quantitative estimate of drug-likeness (QED) is 0.806. The fraction of sp³-hybridized carbons (Fsp3) is 0.500. The van der Waals surface area contributed by atoms with Gasteiger partial charge in [0.05, 0.1) is 15.7 Å². The number of primary amides is 1. The number of carbonyl (C=O) groups excluding carboxylic acids is 1. The maximum absolute atomic E-state index is 14.1. The number of sulfone groups is 1. The Hall–Kier alpha value is -1.91. The first-order valence-corrected chi connectivity index (χ1v) is 8.67. The molecule has 0 saturated heterocycles. The topological polar surface area (TPSA) is 86.5 Å². The normalized spacial score (nSPS) is 24.8. The second kappa shape index (κ2) is 6.43. The average molecular weight is 387 g/mol. The third-order valence-corrected chi connectivity index (χ3v) is 6.17. The van der Waals surface area contributed by atoms with E-state index < -0.39 is 62.3 Å². The van der Waals surface area contributed by atoms with Crippen molar-refractivity contribution in [2.24, 2.45) is 5.73 Å². The number of carbonyl (C=O) groups is 1. The van der Waals surface area contributed by atoms with Gasteiger partial charge >= 0.3 is 12.3 Å². The minimum absolute atomic E-state index is 0.188. The highest BCUT2D eigenvalue weighted by Gasteiger charge is 2.43. The number of amides is 1. The third-order valence-electron chi connectivity index (χ3n) is 3.93. The molecule has 0 heterocycles. The monoisotopic (exact) mass is 387 g/mol. The van der Waals surface area contributed by atoms with E-state index in [4.69, 9.17) is 5.73 Å². The van der Waals surface area contributed by atoms with Gasteiger partial charge in [-0.1, -0.05) is 0 Å². The average Bonchev–Trinajstić information content (AvgIpc) is 2.44. The van der Waals surface area contributed by atoms with Crippen LogP contribution < -0.4 is 5.73 Å². The zero-order valence-corrected chi connectivity index (χ0v) is 13.5. The summed E-state index contributed by atoms with van der Waals surface area (Å²) in [6.07, 6.45) is -7.87. The van der Waals surface area contributed by atoms with Crippen molar-refractivity contribution in [2.75, 3.05) is 0 Å². The summed E-state index contributed by atoms with van der Waals surface area (Å²) in [5, 5.41) is -1.23. The Morgan fingerprint density at radius 3 is 2.24 bits per heavy atom. The molecule has 140 valence electrons. The number of benzene rings is 1. The number of hydrogen-bond acceptors (Lipinski definition) is 4. The summed E-state index contributed by atoms with van der Waals surface area (Å²) in [6.45, 7) is 0. The SMILES string of the molecule is NC(=O)OC1(F)CCC(S(=O)(=O)c2cc(F)cc(C(F)(F)F)c2)CC1. The summed E-state index contributed by atoms with van der Waals surface area (Å²) < 4.78 is 95.0. The van der Waals surface area contributed by atoms with Crippen molar-refractivity contribution >= 4 is 15.9 Å². The molecule has 1 aromatic rings. The second-order valence-electron chi connectivity index (χ2n) is 5.72. The molecule has 0 spiro atoms. The third kappa shape index (κ3) is 4.39. The lowest BCUT2D eigenvalue weighted by Gasteiger charge is -2.32. The molecule has 25 heavy (non-hydrogen) atoms. The van der Waals surface area contributed by atoms with Crippen molar-refractivity contribution in [2.45, 2.75) is 47.9 Å². The molecule has 0 bridgehead atoms. The molecule has 0 radical (unpaired) electrons. The van der Waals surface area contributed by atoms with Crippen molar-refractivity contribution in [3.05, 3.63) is 29.6 Å². The van der Waals surface area contributed by atoms with E-state index in [1.165, 1.54) is 0 Å². The van der Waals surface area contributed by atoms with Crippen LogP contribution in [0.15, 0.2) is 23.1 Å². The van der Waals surface area contributed by atoms with Crippen LogP contribution in [0.5, 0.6) is 0 Å². The first-order chi connectivity index (χ1) is 11.3. The number of rotatable bonds is 3. The highest BCUT2D eigenvalue weighted by Crippen LogP contribution is 2.39. The van der Waals surface area contributed by atoms with Crippen LogP contribution in [-0.4, -0.2) is 25.6 Å². The largest absolute Gasteiger partial charge is 0.416 e. The summed E-state index contributed by atoms with van der Waals surface area (Å²) >= 11 is 0. The summed E-state index contributed by atoms with van der Waals surface area (Å²) in [5.74, 6) is -3.77. The number of ether oxygens (including phenoxy) is 1. The molecule has 1 fully saturated rings. The fourth-order valence-electron chi connectivity index (χ4n) is 2.70. The molecule has 0 aliphatic heterocycles. The van der Waals surface area contributed by atoms with E-state index in [0.717, 1.165) is 0 Å². The van der Waals surface area contributed by atoms with Gasteiger partial charge in [0.2, 0.25) is 0 Å². The Morgan fingerprint density at radius 2 is 1.76 bits per heavy atom. The standard InChI is InChI=1S/C14H14F5NO4S/c15-9-5-8(14(17,18)19)6-11(7-9)25(22,23)10-1-3-13(16,4-2-10)24-12(20)21/h5-7,10H,1-4H2,(H2,20,21). The van der Waals surface area contributed by atoms with E-state index in [9.17, 15) is 35.2 Å². The Morgan fingerprint density at radius 1 is 1.20 bits per heavy atom. The van der Waals surface area contributed by atoms with Gasteiger partial charge in [0.25, 0.3) is 5.85 Å². The number of halogens is 5. The molecule has 1 aliphatic rings. The fourth-order valence-corrected chi connectivity index (χ4v) is 4.51. The van der Waals surface area contributed by atoms with Crippen molar-refractivity contribution < 1.29 is 39.9 Å². The van der Waals surface area contributed by atoms with Crippen LogP contribution in [0, 0.1) is 5.82 Å². The summed E-state index contributed by atoms with van der Waals surface area (Å²) in [4.78, 5) is 9.81. The predicted molar refractivity (Wildman–Crippen MR) is 75.4 cm³/mol. The summed E-state index contributed by atoms with van der Waals surface area (Å²) in [7, 11) is -4.32. The lowest BCUT2D eigenvalue weighted by atomic mass is 9.95. The Bertz CT molecular complexity index is 770. The molecule has 5 nitrogen and oxygen atoms in total. The smallest absolute Gasteiger partial charge is 0.413 e. The van der Waals surface area contributed by atoms with Crippen LogP contribution in [0.2, 0.25) is 0 Å². The molecule has 1 amide bonds. The van der Waals surface area contributed by atoms with Gasteiger partial charge in [0.15, 0.2) is 9.84 Å². The number of alkyl halides is 4. The molecule has 11 heteroatoms. The van der Waals surface area contributed by atoms with Crippen LogP contribution in [-0.2, 0) is 20.8 Å². The van der Waals surface area contributed by atoms with Gasteiger partial charge in [-0.2, -0.15) is 17.6 Å². The molecule has 1 saturated carbocycles. The van der Waals surface area contributed by atoms with Gasteiger partial charge in [0, 0.05) is 12.8 Å². The molecule has 2 rings (SSSR count). The van der Waals surface area contributed by atoms with E-state index in [2.05, 4.69) is 4.74 Å². The highest BCUT2D eigenvalue weighted by molar-refractivity contribution is 7.92. The van der Waals surface area contributed by atoms with Gasteiger partial charge in [-0.05, 0) is 31.0 Å². The van der Waals surface area contributed by atoms with Crippen LogP contribution >= 0.6 is 0 Å². The van der Waals surface area contributed by atoms with Crippen molar-refractivity contribution in [1.82, 2.24) is 0 Å². The number of hydrogen-bond donors (Lipinski definition) is 1. The predicted octanol–water partition coefficient (Wildman–Crippen LogP) is 3.32. The Labute approximate surface area is 139 Å². The van der Waals surface area contributed by atoms with Gasteiger partial charge in [-0.25, -0.2) is 17.6 Å². The molecule has 0 aromatic heterocycles. The molecule has 1 aromatic carbocycles. The molecular weight excluding hydrogens is 373 g/mol. The molecule has 1 aliphatic carbocycles. The van der Waals surface area contributed by atoms with Crippen LogP contribution in [0.3, 0.4) is 0 Å². The van der Waals surface area contributed by atoms with Crippen LogP contribution in [0.1, 0.15) is 31.2 Å². The minimum Gasteiger partial charge on any atom is -0.413 e. The van der Waals surface area contributed by atoms with Crippen LogP contribution in [0.4, 0.5) is 26.7 Å². The van der Waals surface area contributed by atoms with E-state index in [-0.39, 0.29) is 18.9 Å². The van der Waals surface area contributed by atoms with Gasteiger partial charge in [-0.3, -0.25) is 0 Å². The molecule has 0 atom stereocenters. The zero-order valence-electron chi connectivity index (χ0n) is 12.6. The van der Waals surface area contributed by atoms with Crippen LogP contribution in [0.25, 0.3) is 0 Å². The Kier molecular flexibility index (Phi) is 4.99. The summed E-state index contributed by atoms with van der Waals surface area (Å²) in [6, 6.07) is 1.02. The molecule has 2 N–H and O–H groups in total. The van der Waals surface area contributed by atoms with Gasteiger partial charge in [0.1, 0.15) is 5.82 Å². The maximum Gasteiger partial charge on any atom is 0.416 e. The minimum atomic E-state index is -4.91. The van der Waals surface area contributed by atoms with Crippen molar-refractivity contribution in [3.63, 3.8) is 0 Å². The highest BCUT2D eigenvalue weighted by atomic mass is 32.2. The van der Waals surface area contributed by atoms with E-state index in [0.29, 0.717) is 12.1 Å². The first kappa shape index (κ1) is 19.4. The van der Waals surface area contributed by atoms with E-state index in [1.54, 1.807) is 0 Å². The van der Waals surface area contributed by atoms with E-state index in [1.807, 2.05) is 0 Å². The Balaban J connectivity index is 2.26. The lowest BCUT2D eigenvalue weighted by molar-refractivity contribution is -0.137. The molecular formula is C14H14F5NO4S. The first-order valence-electron chi connectivity index (χ1n) is 7.12. The van der Waals surface area contributed by atoms with E-state index >= 15 is 0 Å². The van der Waals surface area contributed by atoms with Crippen molar-refractivity contribution in [1.29, 1.82) is 0 Å². The number of nitrogens with two attached hydrogens (primary N) is 1. The van der Waals surface area contributed by atoms with Gasteiger partial charge in [-0.15, -0.1) is 0 Å². The van der Waals surface area contributed by atoms with Gasteiger partial charge < -0.3 is 10.5 Å².